The number of benzene rings is 1. The first-order chi connectivity index (χ1) is 9.20. The van der Waals surface area contributed by atoms with Crippen molar-refractivity contribution in [3.8, 4) is 0 Å². The van der Waals surface area contributed by atoms with E-state index in [0.29, 0.717) is 5.69 Å². The Bertz CT molecular complexity index is 587. The van der Waals surface area contributed by atoms with E-state index in [1.807, 2.05) is 44.2 Å². The van der Waals surface area contributed by atoms with E-state index < -0.39 is 0 Å². The molecule has 2 N–H and O–H groups in total. The molecular formula is C14H16N4O. The van der Waals surface area contributed by atoms with Crippen molar-refractivity contribution < 1.29 is 4.79 Å². The number of aromatic nitrogens is 2. The Balaban J connectivity index is 2.10. The fraction of sp³-hybridized carbons (Fsp3) is 0.214. The molecular weight excluding hydrogens is 240 g/mol. The third-order valence-corrected chi connectivity index (χ3v) is 2.67. The molecule has 0 spiro atoms. The summed E-state index contributed by atoms with van der Waals surface area (Å²) in [5.41, 5.74) is 5.54. The molecule has 1 heterocycles. The number of amides is 1. The smallest absolute Gasteiger partial charge is 0.282 e. The summed E-state index contributed by atoms with van der Waals surface area (Å²) in [6.45, 7) is 3.84. The number of carbonyl (C=O) groups excluding carboxylic acids is 1. The van der Waals surface area contributed by atoms with Gasteiger partial charge in [0.25, 0.3) is 5.91 Å². The van der Waals surface area contributed by atoms with Gasteiger partial charge in [0.1, 0.15) is 0 Å². The zero-order chi connectivity index (χ0) is 13.7. The van der Waals surface area contributed by atoms with Gasteiger partial charge in [0.05, 0.1) is 5.71 Å². The van der Waals surface area contributed by atoms with Crippen LogP contribution >= 0.6 is 0 Å². The Hall–Kier alpha value is -2.43. The fourth-order valence-corrected chi connectivity index (χ4v) is 1.69. The van der Waals surface area contributed by atoms with Crippen molar-refractivity contribution in [1.29, 1.82) is 0 Å². The van der Waals surface area contributed by atoms with Gasteiger partial charge in [-0.05, 0) is 25.0 Å². The lowest BCUT2D eigenvalue weighted by molar-refractivity contribution is 0.0950. The highest BCUT2D eigenvalue weighted by Crippen LogP contribution is 2.04. The minimum Gasteiger partial charge on any atom is -0.282 e. The van der Waals surface area contributed by atoms with E-state index >= 15 is 0 Å². The first-order valence-corrected chi connectivity index (χ1v) is 6.15. The van der Waals surface area contributed by atoms with Crippen LogP contribution in [0.1, 0.15) is 35.1 Å². The standard InChI is InChI=1S/C14H16N4O/c1-3-12(11-7-5-4-6-8-11)16-18-14(19)13-9-10(2)15-17-13/h4-9H,3H2,1-2H3,(H,15,17)(H,18,19). The van der Waals surface area contributed by atoms with Crippen LogP contribution in [0.2, 0.25) is 0 Å². The molecule has 0 aliphatic heterocycles. The van der Waals surface area contributed by atoms with Crippen LogP contribution in [0.15, 0.2) is 41.5 Å². The maximum Gasteiger partial charge on any atom is 0.291 e. The Morgan fingerprint density at radius 2 is 2.11 bits per heavy atom. The van der Waals surface area contributed by atoms with Crippen molar-refractivity contribution in [3.05, 3.63) is 53.3 Å². The predicted octanol–water partition coefficient (Wildman–Crippen LogP) is 2.26. The number of aromatic amines is 1. The van der Waals surface area contributed by atoms with Gasteiger partial charge in [-0.2, -0.15) is 10.2 Å². The maximum atomic E-state index is 11.8. The molecule has 2 aromatic rings. The predicted molar refractivity (Wildman–Crippen MR) is 74.1 cm³/mol. The van der Waals surface area contributed by atoms with Gasteiger partial charge in [-0.3, -0.25) is 9.89 Å². The van der Waals surface area contributed by atoms with Crippen LogP contribution in [0.4, 0.5) is 0 Å². The Morgan fingerprint density at radius 1 is 1.37 bits per heavy atom. The zero-order valence-electron chi connectivity index (χ0n) is 11.0. The number of hydrogen-bond donors (Lipinski definition) is 2. The zero-order valence-corrected chi connectivity index (χ0v) is 11.0. The molecule has 0 radical (unpaired) electrons. The minimum absolute atomic E-state index is 0.314. The highest BCUT2D eigenvalue weighted by atomic mass is 16.2. The van der Waals surface area contributed by atoms with Crippen LogP contribution in [0, 0.1) is 6.92 Å². The highest BCUT2D eigenvalue weighted by molar-refractivity contribution is 6.01. The third kappa shape index (κ3) is 3.28. The second kappa shape index (κ2) is 5.95. The molecule has 19 heavy (non-hydrogen) atoms. The van der Waals surface area contributed by atoms with E-state index in [-0.39, 0.29) is 5.91 Å². The van der Waals surface area contributed by atoms with Gasteiger partial charge in [0.2, 0.25) is 0 Å². The second-order valence-corrected chi connectivity index (χ2v) is 4.16. The molecule has 0 bridgehead atoms. The lowest BCUT2D eigenvalue weighted by Gasteiger charge is -2.03. The molecule has 2 rings (SSSR count). The molecule has 0 aliphatic carbocycles. The molecule has 1 aromatic heterocycles. The normalized spacial score (nSPS) is 11.4. The van der Waals surface area contributed by atoms with E-state index in [0.717, 1.165) is 23.4 Å². The Labute approximate surface area is 111 Å². The molecule has 0 fully saturated rings. The quantitative estimate of drug-likeness (QED) is 0.650. The van der Waals surface area contributed by atoms with Crippen molar-refractivity contribution in [1.82, 2.24) is 15.6 Å². The van der Waals surface area contributed by atoms with E-state index in [1.165, 1.54) is 0 Å². The summed E-state index contributed by atoms with van der Waals surface area (Å²) in [6.07, 6.45) is 0.740. The van der Waals surface area contributed by atoms with E-state index in [2.05, 4.69) is 20.7 Å². The van der Waals surface area contributed by atoms with Gasteiger partial charge >= 0.3 is 0 Å². The monoisotopic (exact) mass is 256 g/mol. The maximum absolute atomic E-state index is 11.8. The minimum atomic E-state index is -0.314. The molecule has 0 atom stereocenters. The summed E-state index contributed by atoms with van der Waals surface area (Å²) in [4.78, 5) is 11.8. The van der Waals surface area contributed by atoms with Gasteiger partial charge in [0.15, 0.2) is 5.69 Å². The van der Waals surface area contributed by atoms with Crippen LogP contribution < -0.4 is 5.43 Å². The van der Waals surface area contributed by atoms with Crippen LogP contribution in [0.3, 0.4) is 0 Å². The summed E-state index contributed by atoms with van der Waals surface area (Å²) >= 11 is 0. The van der Waals surface area contributed by atoms with E-state index in [4.69, 9.17) is 0 Å². The van der Waals surface area contributed by atoms with Gasteiger partial charge in [-0.15, -0.1) is 0 Å². The Morgan fingerprint density at radius 3 is 2.68 bits per heavy atom. The molecule has 1 aromatic carbocycles. The van der Waals surface area contributed by atoms with Crippen molar-refractivity contribution >= 4 is 11.6 Å². The summed E-state index contributed by atoms with van der Waals surface area (Å²) < 4.78 is 0. The van der Waals surface area contributed by atoms with Crippen LogP contribution in [0.5, 0.6) is 0 Å². The first-order valence-electron chi connectivity index (χ1n) is 6.15. The highest BCUT2D eigenvalue weighted by Gasteiger charge is 2.08. The number of carbonyl (C=O) groups is 1. The molecule has 0 unspecified atom stereocenters. The second-order valence-electron chi connectivity index (χ2n) is 4.16. The molecule has 1 amide bonds. The molecule has 98 valence electrons. The number of H-pyrrole nitrogens is 1. The van der Waals surface area contributed by atoms with Gasteiger partial charge in [0, 0.05) is 5.69 Å². The number of nitrogens with one attached hydrogen (secondary N) is 2. The van der Waals surface area contributed by atoms with Gasteiger partial charge in [-0.25, -0.2) is 5.43 Å². The number of nitrogens with zero attached hydrogens (tertiary/aromatic N) is 2. The van der Waals surface area contributed by atoms with Crippen molar-refractivity contribution in [2.75, 3.05) is 0 Å². The average Bonchev–Trinajstić information content (AvgIpc) is 2.87. The summed E-state index contributed by atoms with van der Waals surface area (Å²) in [7, 11) is 0. The molecule has 5 heteroatoms. The number of aryl methyl sites for hydroxylation is 1. The molecule has 5 nitrogen and oxygen atoms in total. The van der Waals surface area contributed by atoms with Gasteiger partial charge in [-0.1, -0.05) is 37.3 Å². The van der Waals surface area contributed by atoms with Crippen LogP contribution in [0.25, 0.3) is 0 Å². The number of hydrazone groups is 1. The average molecular weight is 256 g/mol. The SMILES string of the molecule is CCC(=NNC(=O)c1cc(C)[nH]n1)c1ccccc1. The lowest BCUT2D eigenvalue weighted by atomic mass is 10.1. The van der Waals surface area contributed by atoms with E-state index in [9.17, 15) is 4.79 Å². The molecule has 0 saturated heterocycles. The van der Waals surface area contributed by atoms with Gasteiger partial charge < -0.3 is 0 Å². The fourth-order valence-electron chi connectivity index (χ4n) is 1.69. The van der Waals surface area contributed by atoms with Crippen LogP contribution in [-0.2, 0) is 0 Å². The van der Waals surface area contributed by atoms with Crippen molar-refractivity contribution in [2.45, 2.75) is 20.3 Å². The summed E-state index contributed by atoms with van der Waals surface area (Å²) in [5.74, 6) is -0.314. The largest absolute Gasteiger partial charge is 0.291 e. The number of hydrogen-bond acceptors (Lipinski definition) is 3. The van der Waals surface area contributed by atoms with Crippen LogP contribution in [-0.4, -0.2) is 21.8 Å². The van der Waals surface area contributed by atoms with Crippen molar-refractivity contribution in [2.24, 2.45) is 5.10 Å². The first kappa shape index (κ1) is 13.0. The lowest BCUT2D eigenvalue weighted by Crippen LogP contribution is -2.20. The van der Waals surface area contributed by atoms with E-state index in [1.54, 1.807) is 6.07 Å². The number of rotatable bonds is 4. The summed E-state index contributed by atoms with van der Waals surface area (Å²) in [5, 5.41) is 10.8. The molecule has 0 aliphatic rings. The summed E-state index contributed by atoms with van der Waals surface area (Å²) in [6, 6.07) is 11.4. The van der Waals surface area contributed by atoms with Crippen molar-refractivity contribution in [3.63, 3.8) is 0 Å². The topological polar surface area (TPSA) is 70.1 Å². The molecule has 0 saturated carbocycles. The third-order valence-electron chi connectivity index (χ3n) is 2.67. The Kier molecular flexibility index (Phi) is 4.07.